The summed E-state index contributed by atoms with van der Waals surface area (Å²) < 4.78 is 0. The minimum Gasteiger partial charge on any atom is -0.478 e. The molecule has 0 radical (unpaired) electrons. The number of imidazole rings is 1. The van der Waals surface area contributed by atoms with Gasteiger partial charge >= 0.3 is 5.97 Å². The maximum Gasteiger partial charge on any atom is 0.336 e. The van der Waals surface area contributed by atoms with Gasteiger partial charge in [-0.3, -0.25) is 4.98 Å². The van der Waals surface area contributed by atoms with Crippen LogP contribution in [0.25, 0.3) is 33.9 Å². The number of nitrogens with zero attached hydrogens (tertiary/aromatic N) is 2. The Morgan fingerprint density at radius 2 is 1.63 bits per heavy atom. The molecule has 0 saturated heterocycles. The van der Waals surface area contributed by atoms with Gasteiger partial charge in [0.15, 0.2) is 0 Å². The lowest BCUT2D eigenvalue weighted by Crippen LogP contribution is -2.06. The van der Waals surface area contributed by atoms with Crippen LogP contribution >= 0.6 is 11.6 Å². The lowest BCUT2D eigenvalue weighted by molar-refractivity contribution is 0.0695. The van der Waals surface area contributed by atoms with E-state index in [0.29, 0.717) is 22.0 Å². The number of benzene rings is 2. The van der Waals surface area contributed by atoms with Crippen molar-refractivity contribution in [1.29, 1.82) is 0 Å². The monoisotopic (exact) mass is 417 g/mol. The van der Waals surface area contributed by atoms with Crippen LogP contribution in [0, 0.1) is 20.8 Å². The summed E-state index contributed by atoms with van der Waals surface area (Å²) in [7, 11) is 0. The average Bonchev–Trinajstić information content (AvgIpc) is 3.13. The molecule has 0 aliphatic heterocycles. The van der Waals surface area contributed by atoms with Gasteiger partial charge in [-0.1, -0.05) is 29.8 Å². The largest absolute Gasteiger partial charge is 0.478 e. The normalized spacial score (nSPS) is 10.9. The second-order valence-corrected chi connectivity index (χ2v) is 7.68. The summed E-state index contributed by atoms with van der Waals surface area (Å²) in [5.74, 6) is -0.311. The molecule has 2 aromatic carbocycles. The number of H-pyrrole nitrogens is 1. The van der Waals surface area contributed by atoms with E-state index in [0.717, 1.165) is 39.2 Å². The van der Waals surface area contributed by atoms with Crippen LogP contribution < -0.4 is 0 Å². The molecule has 0 fully saturated rings. The Labute approximate surface area is 179 Å². The fourth-order valence-corrected chi connectivity index (χ4v) is 4.04. The molecule has 5 nitrogen and oxygen atoms in total. The van der Waals surface area contributed by atoms with Gasteiger partial charge in [0, 0.05) is 34.1 Å². The molecule has 4 aromatic rings. The first-order chi connectivity index (χ1) is 14.4. The number of hydrogen-bond donors (Lipinski definition) is 2. The highest BCUT2D eigenvalue weighted by Gasteiger charge is 2.22. The molecule has 150 valence electrons. The number of pyridine rings is 1. The van der Waals surface area contributed by atoms with E-state index in [1.54, 1.807) is 12.4 Å². The molecule has 0 aliphatic rings. The SMILES string of the molecule is Cc1cc(C)c(-c2nc(-c3ccc(Cl)cc3)c(-c3ccncc3)[nH]2)c(C)c1C(=O)O. The number of rotatable bonds is 4. The first-order valence-electron chi connectivity index (χ1n) is 9.47. The van der Waals surface area contributed by atoms with Crippen molar-refractivity contribution < 1.29 is 9.90 Å². The van der Waals surface area contributed by atoms with Gasteiger partial charge in [0.25, 0.3) is 0 Å². The lowest BCUT2D eigenvalue weighted by Gasteiger charge is -2.13. The van der Waals surface area contributed by atoms with E-state index in [1.165, 1.54) is 0 Å². The van der Waals surface area contributed by atoms with E-state index in [1.807, 2.05) is 63.2 Å². The minimum absolute atomic E-state index is 0.311. The summed E-state index contributed by atoms with van der Waals surface area (Å²) in [6.07, 6.45) is 3.46. The van der Waals surface area contributed by atoms with Crippen LogP contribution in [0.1, 0.15) is 27.0 Å². The second kappa shape index (κ2) is 7.76. The van der Waals surface area contributed by atoms with E-state index in [-0.39, 0.29) is 0 Å². The summed E-state index contributed by atoms with van der Waals surface area (Å²) in [5.41, 5.74) is 6.96. The van der Waals surface area contributed by atoms with Gasteiger partial charge in [-0.25, -0.2) is 9.78 Å². The number of aromatic amines is 1. The highest BCUT2D eigenvalue weighted by Crippen LogP contribution is 2.36. The highest BCUT2D eigenvalue weighted by atomic mass is 35.5. The standard InChI is InChI=1S/C24H20ClN3O2/c1-13-12-14(2)20(24(29)30)15(3)19(13)23-27-21(16-4-6-18(25)7-5-16)22(28-23)17-8-10-26-11-9-17/h4-12H,1-3H3,(H,27,28)(H,29,30). The molecular formula is C24H20ClN3O2. The van der Waals surface area contributed by atoms with Crippen LogP contribution in [-0.4, -0.2) is 26.0 Å². The van der Waals surface area contributed by atoms with Crippen molar-refractivity contribution >= 4 is 17.6 Å². The van der Waals surface area contributed by atoms with Gasteiger partial charge in [0.05, 0.1) is 17.0 Å². The van der Waals surface area contributed by atoms with Gasteiger partial charge in [0.1, 0.15) is 5.82 Å². The molecule has 2 aromatic heterocycles. The van der Waals surface area contributed by atoms with Crippen LogP contribution in [0.15, 0.2) is 54.9 Å². The molecule has 30 heavy (non-hydrogen) atoms. The molecule has 0 bridgehead atoms. The number of hydrogen-bond acceptors (Lipinski definition) is 3. The zero-order valence-corrected chi connectivity index (χ0v) is 17.6. The van der Waals surface area contributed by atoms with E-state index < -0.39 is 5.97 Å². The summed E-state index contributed by atoms with van der Waals surface area (Å²) in [6, 6.07) is 13.2. The molecule has 0 unspecified atom stereocenters. The maximum absolute atomic E-state index is 11.8. The van der Waals surface area contributed by atoms with Crippen LogP contribution in [-0.2, 0) is 0 Å². The summed E-state index contributed by atoms with van der Waals surface area (Å²) in [4.78, 5) is 24.3. The molecule has 0 atom stereocenters. The van der Waals surface area contributed by atoms with Crippen LogP contribution in [0.2, 0.25) is 5.02 Å². The lowest BCUT2D eigenvalue weighted by atomic mass is 9.93. The maximum atomic E-state index is 11.8. The Bertz CT molecular complexity index is 1250. The van der Waals surface area contributed by atoms with Gasteiger partial charge in [-0.15, -0.1) is 0 Å². The Kier molecular flexibility index (Phi) is 5.14. The zero-order chi connectivity index (χ0) is 21.4. The van der Waals surface area contributed by atoms with Crippen molar-refractivity contribution in [3.8, 4) is 33.9 Å². The Balaban J connectivity index is 1.99. The van der Waals surface area contributed by atoms with E-state index >= 15 is 0 Å². The van der Waals surface area contributed by atoms with E-state index in [9.17, 15) is 9.90 Å². The molecule has 0 amide bonds. The molecular weight excluding hydrogens is 398 g/mol. The Hall–Kier alpha value is -3.44. The number of halogens is 1. The number of nitrogens with one attached hydrogen (secondary N) is 1. The summed E-state index contributed by atoms with van der Waals surface area (Å²) >= 11 is 6.07. The average molecular weight is 418 g/mol. The Morgan fingerprint density at radius 3 is 2.27 bits per heavy atom. The quantitative estimate of drug-likeness (QED) is 0.421. The third-order valence-corrected chi connectivity index (χ3v) is 5.46. The molecule has 0 aliphatic carbocycles. The predicted molar refractivity (Wildman–Crippen MR) is 119 cm³/mol. The first-order valence-corrected chi connectivity index (χ1v) is 9.85. The van der Waals surface area contributed by atoms with E-state index in [4.69, 9.17) is 16.6 Å². The number of carbonyl (C=O) groups is 1. The van der Waals surface area contributed by atoms with Gasteiger partial charge in [0.2, 0.25) is 0 Å². The molecule has 6 heteroatoms. The van der Waals surface area contributed by atoms with Crippen molar-refractivity contribution in [3.63, 3.8) is 0 Å². The molecule has 4 rings (SSSR count). The van der Waals surface area contributed by atoms with Crippen molar-refractivity contribution in [3.05, 3.63) is 82.1 Å². The number of aromatic nitrogens is 3. The van der Waals surface area contributed by atoms with Crippen molar-refractivity contribution in [2.24, 2.45) is 0 Å². The highest BCUT2D eigenvalue weighted by molar-refractivity contribution is 6.30. The number of carboxylic acids is 1. The van der Waals surface area contributed by atoms with Gasteiger partial charge in [-0.2, -0.15) is 0 Å². The zero-order valence-electron chi connectivity index (χ0n) is 16.8. The number of aromatic carboxylic acids is 1. The topological polar surface area (TPSA) is 78.9 Å². The fraction of sp³-hybridized carbons (Fsp3) is 0.125. The minimum atomic E-state index is -0.940. The molecule has 2 N–H and O–H groups in total. The summed E-state index contributed by atoms with van der Waals surface area (Å²) in [5, 5.41) is 10.3. The number of aryl methyl sites for hydroxylation is 2. The molecule has 2 heterocycles. The van der Waals surface area contributed by atoms with Crippen molar-refractivity contribution in [2.75, 3.05) is 0 Å². The van der Waals surface area contributed by atoms with Crippen LogP contribution in [0.5, 0.6) is 0 Å². The second-order valence-electron chi connectivity index (χ2n) is 7.24. The Morgan fingerprint density at radius 1 is 0.967 bits per heavy atom. The van der Waals surface area contributed by atoms with Gasteiger partial charge in [-0.05, 0) is 61.7 Å². The first kappa shape index (κ1) is 19.9. The fourth-order valence-electron chi connectivity index (χ4n) is 3.91. The third-order valence-electron chi connectivity index (χ3n) is 5.21. The van der Waals surface area contributed by atoms with Gasteiger partial charge < -0.3 is 10.1 Å². The van der Waals surface area contributed by atoms with E-state index in [2.05, 4.69) is 9.97 Å². The third kappa shape index (κ3) is 3.48. The van der Waals surface area contributed by atoms with Crippen molar-refractivity contribution in [2.45, 2.75) is 20.8 Å². The smallest absolute Gasteiger partial charge is 0.336 e. The molecule has 0 saturated carbocycles. The predicted octanol–water partition coefficient (Wildman–Crippen LogP) is 6.08. The van der Waals surface area contributed by atoms with Crippen LogP contribution in [0.3, 0.4) is 0 Å². The number of carboxylic acid groups (broad SMARTS) is 1. The van der Waals surface area contributed by atoms with Crippen molar-refractivity contribution in [1.82, 2.24) is 15.0 Å². The summed E-state index contributed by atoms with van der Waals surface area (Å²) in [6.45, 7) is 5.61. The molecule has 0 spiro atoms. The van der Waals surface area contributed by atoms with Crippen LogP contribution in [0.4, 0.5) is 0 Å².